The number of hydrogen-bond acceptors (Lipinski definition) is 4. The Labute approximate surface area is 116 Å². The summed E-state index contributed by atoms with van der Waals surface area (Å²) >= 11 is 6.00. The van der Waals surface area contributed by atoms with Crippen molar-refractivity contribution in [2.75, 3.05) is 13.7 Å². The van der Waals surface area contributed by atoms with E-state index in [9.17, 15) is 4.79 Å². The first-order valence-electron chi connectivity index (χ1n) is 6.41. The number of rotatable bonds is 3. The molecule has 6 heteroatoms. The van der Waals surface area contributed by atoms with Gasteiger partial charge in [0.15, 0.2) is 5.75 Å². The number of carbonyl (C=O) groups is 1. The van der Waals surface area contributed by atoms with Crippen molar-refractivity contribution in [2.24, 2.45) is 5.92 Å². The molecule has 1 aliphatic heterocycles. The molecule has 3 rings (SSSR count). The number of methoxy groups -OCH3 is 1. The molecule has 2 heterocycles. The van der Waals surface area contributed by atoms with E-state index in [1.165, 1.54) is 19.4 Å². The predicted octanol–water partition coefficient (Wildman–Crippen LogP) is 1.22. The third-order valence-electron chi connectivity index (χ3n) is 3.92. The number of fused-ring (bicyclic) bond motifs is 2. The molecular weight excluding hydrogens is 266 g/mol. The van der Waals surface area contributed by atoms with Gasteiger partial charge in [0, 0.05) is 12.1 Å². The van der Waals surface area contributed by atoms with Gasteiger partial charge in [-0.25, -0.2) is 4.98 Å². The molecule has 1 aliphatic carbocycles. The zero-order chi connectivity index (χ0) is 13.4. The molecule has 0 radical (unpaired) electrons. The zero-order valence-corrected chi connectivity index (χ0v) is 11.4. The van der Waals surface area contributed by atoms with Crippen molar-refractivity contribution in [3.63, 3.8) is 0 Å². The lowest BCUT2D eigenvalue weighted by molar-refractivity contribution is 0.0923. The Hall–Kier alpha value is -1.33. The van der Waals surface area contributed by atoms with Gasteiger partial charge in [-0.15, -0.1) is 0 Å². The van der Waals surface area contributed by atoms with Crippen molar-refractivity contribution in [1.29, 1.82) is 0 Å². The van der Waals surface area contributed by atoms with Crippen molar-refractivity contribution in [3.05, 3.63) is 23.0 Å². The Morgan fingerprint density at radius 1 is 1.58 bits per heavy atom. The van der Waals surface area contributed by atoms with Crippen molar-refractivity contribution in [1.82, 2.24) is 15.6 Å². The van der Waals surface area contributed by atoms with Crippen LogP contribution in [0.5, 0.6) is 5.75 Å². The summed E-state index contributed by atoms with van der Waals surface area (Å²) < 4.78 is 5.02. The molecule has 19 heavy (non-hydrogen) atoms. The van der Waals surface area contributed by atoms with Crippen molar-refractivity contribution in [3.8, 4) is 5.75 Å². The number of ether oxygens (including phenoxy) is 1. The molecule has 1 aromatic heterocycles. The van der Waals surface area contributed by atoms with Crippen LogP contribution in [0.25, 0.3) is 0 Å². The molecule has 0 aromatic carbocycles. The second-order valence-corrected chi connectivity index (χ2v) is 5.54. The molecule has 2 aliphatic rings. The normalized spacial score (nSPS) is 28.4. The van der Waals surface area contributed by atoms with Gasteiger partial charge in [0.1, 0.15) is 5.69 Å². The van der Waals surface area contributed by atoms with Gasteiger partial charge in [-0.1, -0.05) is 11.6 Å². The molecule has 0 spiro atoms. The Morgan fingerprint density at radius 3 is 3.00 bits per heavy atom. The van der Waals surface area contributed by atoms with E-state index in [1.54, 1.807) is 0 Å². The molecule has 1 saturated carbocycles. The molecule has 5 nitrogen and oxygen atoms in total. The van der Waals surface area contributed by atoms with Crippen LogP contribution in [-0.4, -0.2) is 36.6 Å². The van der Waals surface area contributed by atoms with Crippen LogP contribution in [0.3, 0.4) is 0 Å². The first-order chi connectivity index (χ1) is 9.17. The van der Waals surface area contributed by atoms with Crippen molar-refractivity contribution >= 4 is 17.5 Å². The molecule has 1 aromatic rings. The highest BCUT2D eigenvalue weighted by Crippen LogP contribution is 2.31. The minimum Gasteiger partial charge on any atom is -0.494 e. The number of carbonyl (C=O) groups excluding carboxylic acids is 1. The van der Waals surface area contributed by atoms with E-state index in [4.69, 9.17) is 16.3 Å². The van der Waals surface area contributed by atoms with E-state index in [0.717, 1.165) is 19.4 Å². The smallest absolute Gasteiger partial charge is 0.270 e. The second-order valence-electron chi connectivity index (χ2n) is 5.14. The summed E-state index contributed by atoms with van der Waals surface area (Å²) in [4.78, 5) is 16.2. The highest BCUT2D eigenvalue weighted by Gasteiger charge is 2.40. The Balaban J connectivity index is 1.69. The number of piperidine rings is 1. The largest absolute Gasteiger partial charge is 0.494 e. The van der Waals surface area contributed by atoms with Crippen LogP contribution < -0.4 is 15.4 Å². The van der Waals surface area contributed by atoms with Gasteiger partial charge in [-0.3, -0.25) is 4.79 Å². The molecular formula is C13H16ClN3O2. The number of nitrogens with zero attached hydrogens (tertiary/aromatic N) is 1. The van der Waals surface area contributed by atoms with Crippen LogP contribution in [0, 0.1) is 5.92 Å². The lowest BCUT2D eigenvalue weighted by Crippen LogP contribution is -2.48. The number of halogens is 1. The Kier molecular flexibility index (Phi) is 3.33. The van der Waals surface area contributed by atoms with Gasteiger partial charge < -0.3 is 15.4 Å². The van der Waals surface area contributed by atoms with Gasteiger partial charge in [0.2, 0.25) is 0 Å². The summed E-state index contributed by atoms with van der Waals surface area (Å²) in [6.07, 6.45) is 3.67. The Morgan fingerprint density at radius 2 is 2.42 bits per heavy atom. The highest BCUT2D eigenvalue weighted by atomic mass is 35.5. The molecule has 3 atom stereocenters. The lowest BCUT2D eigenvalue weighted by atomic mass is 10.1. The highest BCUT2D eigenvalue weighted by molar-refractivity contribution is 6.32. The molecule has 1 amide bonds. The maximum Gasteiger partial charge on any atom is 0.270 e. The van der Waals surface area contributed by atoms with E-state index in [2.05, 4.69) is 15.6 Å². The number of hydrogen-bond donors (Lipinski definition) is 2. The van der Waals surface area contributed by atoms with Crippen LogP contribution in [-0.2, 0) is 0 Å². The second kappa shape index (κ2) is 4.98. The van der Waals surface area contributed by atoms with Gasteiger partial charge in [-0.05, 0) is 31.4 Å². The molecule has 2 fully saturated rings. The molecule has 102 valence electrons. The van der Waals surface area contributed by atoms with Crippen LogP contribution in [0.4, 0.5) is 0 Å². The fourth-order valence-electron chi connectivity index (χ4n) is 2.95. The van der Waals surface area contributed by atoms with Crippen molar-refractivity contribution < 1.29 is 9.53 Å². The average molecular weight is 282 g/mol. The maximum absolute atomic E-state index is 12.1. The van der Waals surface area contributed by atoms with Crippen LogP contribution in [0.15, 0.2) is 12.3 Å². The fraction of sp³-hybridized carbons (Fsp3) is 0.538. The van der Waals surface area contributed by atoms with E-state index < -0.39 is 0 Å². The maximum atomic E-state index is 12.1. The quantitative estimate of drug-likeness (QED) is 0.875. The number of nitrogens with one attached hydrogen (secondary N) is 2. The average Bonchev–Trinajstić information content (AvgIpc) is 3.00. The van der Waals surface area contributed by atoms with Crippen LogP contribution in [0.2, 0.25) is 5.02 Å². The van der Waals surface area contributed by atoms with Crippen LogP contribution in [0.1, 0.15) is 23.3 Å². The van der Waals surface area contributed by atoms with Crippen LogP contribution >= 0.6 is 11.6 Å². The standard InChI is InChI=1S/C13H16ClN3O2/c1-19-12-6-16-11(4-8(12)14)13(18)17-10-3-7-2-9(10)15-5-7/h4,6-7,9-10,15H,2-3,5H2,1H3,(H,17,18). The number of amides is 1. The van der Waals surface area contributed by atoms with E-state index >= 15 is 0 Å². The monoisotopic (exact) mass is 281 g/mol. The van der Waals surface area contributed by atoms with E-state index in [-0.39, 0.29) is 11.9 Å². The summed E-state index contributed by atoms with van der Waals surface area (Å²) in [5, 5.41) is 6.84. The SMILES string of the molecule is COc1cnc(C(=O)NC2CC3CNC2C3)cc1Cl. The first kappa shape index (κ1) is 12.7. The first-order valence-corrected chi connectivity index (χ1v) is 6.79. The fourth-order valence-corrected chi connectivity index (χ4v) is 3.18. The topological polar surface area (TPSA) is 63.2 Å². The predicted molar refractivity (Wildman–Crippen MR) is 71.6 cm³/mol. The third kappa shape index (κ3) is 2.40. The summed E-state index contributed by atoms with van der Waals surface area (Å²) in [5.74, 6) is 0.992. The minimum absolute atomic E-state index is 0.177. The van der Waals surface area contributed by atoms with Gasteiger partial charge in [0.25, 0.3) is 5.91 Å². The van der Waals surface area contributed by atoms with E-state index in [1.807, 2.05) is 0 Å². The summed E-state index contributed by atoms with van der Waals surface area (Å²) in [7, 11) is 1.52. The summed E-state index contributed by atoms with van der Waals surface area (Å²) in [6.45, 7) is 1.07. The van der Waals surface area contributed by atoms with Gasteiger partial charge in [0.05, 0.1) is 18.3 Å². The molecule has 2 bridgehead atoms. The molecule has 1 saturated heterocycles. The van der Waals surface area contributed by atoms with Crippen molar-refractivity contribution in [2.45, 2.75) is 24.9 Å². The zero-order valence-electron chi connectivity index (χ0n) is 10.6. The minimum atomic E-state index is -0.177. The summed E-state index contributed by atoms with van der Waals surface area (Å²) in [5.41, 5.74) is 0.327. The number of aromatic nitrogens is 1. The molecule has 3 unspecified atom stereocenters. The van der Waals surface area contributed by atoms with Gasteiger partial charge >= 0.3 is 0 Å². The lowest BCUT2D eigenvalue weighted by Gasteiger charge is -2.23. The summed E-state index contributed by atoms with van der Waals surface area (Å²) in [6, 6.07) is 2.15. The number of pyridine rings is 1. The molecule has 2 N–H and O–H groups in total. The Bertz CT molecular complexity index is 509. The van der Waals surface area contributed by atoms with Gasteiger partial charge in [-0.2, -0.15) is 0 Å². The third-order valence-corrected chi connectivity index (χ3v) is 4.21. The van der Waals surface area contributed by atoms with E-state index in [0.29, 0.717) is 28.4 Å².